The van der Waals surface area contributed by atoms with Crippen LogP contribution in [0.4, 0.5) is 4.79 Å². The van der Waals surface area contributed by atoms with Crippen molar-refractivity contribution in [1.82, 2.24) is 5.32 Å². The summed E-state index contributed by atoms with van der Waals surface area (Å²) in [4.78, 5) is 24.2. The number of hydrogen-bond donors (Lipinski definition) is 1. The third-order valence-electron chi connectivity index (χ3n) is 3.81. The van der Waals surface area contributed by atoms with Gasteiger partial charge in [0, 0.05) is 18.4 Å². The second kappa shape index (κ2) is 7.64. The summed E-state index contributed by atoms with van der Waals surface area (Å²) in [6.07, 6.45) is -0.579. The first-order valence-corrected chi connectivity index (χ1v) is 7.80. The fraction of sp³-hybridized carbons (Fsp3) is 0.812. The summed E-state index contributed by atoms with van der Waals surface area (Å²) < 4.78 is 15.4. The largest absolute Gasteiger partial charge is 0.465 e. The number of nitriles is 1. The van der Waals surface area contributed by atoms with Gasteiger partial charge in [0.25, 0.3) is 0 Å². The molecule has 0 aromatic carbocycles. The lowest BCUT2D eigenvalue weighted by Gasteiger charge is -2.41. The van der Waals surface area contributed by atoms with E-state index in [1.54, 1.807) is 34.6 Å². The average molecular weight is 326 g/mol. The van der Waals surface area contributed by atoms with E-state index < -0.39 is 29.0 Å². The topological polar surface area (TPSA) is 97.7 Å². The van der Waals surface area contributed by atoms with E-state index in [4.69, 9.17) is 14.2 Å². The predicted octanol–water partition coefficient (Wildman–Crippen LogP) is 1.87. The molecule has 130 valence electrons. The molecule has 0 bridgehead atoms. The van der Waals surface area contributed by atoms with Crippen LogP contribution in [0.25, 0.3) is 0 Å². The van der Waals surface area contributed by atoms with Gasteiger partial charge < -0.3 is 19.5 Å². The van der Waals surface area contributed by atoms with Gasteiger partial charge in [0.2, 0.25) is 0 Å². The van der Waals surface area contributed by atoms with Gasteiger partial charge in [-0.15, -0.1) is 0 Å². The van der Waals surface area contributed by atoms with Crippen LogP contribution in [0.1, 0.15) is 34.6 Å². The molecule has 1 N–H and O–H groups in total. The molecule has 1 fully saturated rings. The van der Waals surface area contributed by atoms with Gasteiger partial charge in [-0.3, -0.25) is 4.79 Å². The number of amides is 1. The van der Waals surface area contributed by atoms with E-state index in [1.807, 2.05) is 0 Å². The number of nitrogens with zero attached hydrogens (tertiary/aromatic N) is 1. The van der Waals surface area contributed by atoms with E-state index in [0.717, 1.165) is 0 Å². The fourth-order valence-corrected chi connectivity index (χ4v) is 2.48. The normalized spacial score (nSPS) is 18.8. The molecule has 0 aliphatic carbocycles. The van der Waals surface area contributed by atoms with Gasteiger partial charge in [-0.05, 0) is 27.7 Å². The SMILES string of the molecule is CCOC(=O)C(C#N)(C1COC1)[C@H](C)CNC(=O)OC(C)(C)C. The summed E-state index contributed by atoms with van der Waals surface area (Å²) in [7, 11) is 0. The first-order valence-electron chi connectivity index (χ1n) is 7.80. The van der Waals surface area contributed by atoms with Crippen molar-refractivity contribution in [3.63, 3.8) is 0 Å². The van der Waals surface area contributed by atoms with Crippen molar-refractivity contribution in [2.45, 2.75) is 40.2 Å². The highest BCUT2D eigenvalue weighted by molar-refractivity contribution is 5.81. The van der Waals surface area contributed by atoms with Gasteiger partial charge in [-0.25, -0.2) is 4.79 Å². The van der Waals surface area contributed by atoms with E-state index in [-0.39, 0.29) is 19.1 Å². The van der Waals surface area contributed by atoms with Crippen LogP contribution in [-0.4, -0.2) is 44.0 Å². The number of alkyl carbamates (subject to hydrolysis) is 1. The van der Waals surface area contributed by atoms with Crippen LogP contribution >= 0.6 is 0 Å². The minimum Gasteiger partial charge on any atom is -0.465 e. The molecule has 23 heavy (non-hydrogen) atoms. The number of carbonyl (C=O) groups excluding carboxylic acids is 2. The minimum atomic E-state index is -1.33. The molecule has 1 rings (SSSR count). The molecule has 1 aliphatic rings. The van der Waals surface area contributed by atoms with Crippen LogP contribution < -0.4 is 5.32 Å². The summed E-state index contributed by atoms with van der Waals surface area (Å²) in [6.45, 7) is 9.74. The van der Waals surface area contributed by atoms with Crippen molar-refractivity contribution >= 4 is 12.1 Å². The van der Waals surface area contributed by atoms with Gasteiger partial charge in [0.15, 0.2) is 5.41 Å². The second-order valence-electron chi connectivity index (χ2n) is 6.72. The zero-order chi connectivity index (χ0) is 17.7. The van der Waals surface area contributed by atoms with E-state index in [1.165, 1.54) is 0 Å². The van der Waals surface area contributed by atoms with Crippen molar-refractivity contribution in [3.8, 4) is 6.07 Å². The van der Waals surface area contributed by atoms with Crippen LogP contribution in [0.3, 0.4) is 0 Å². The molecule has 0 radical (unpaired) electrons. The average Bonchev–Trinajstić information content (AvgIpc) is 2.38. The minimum absolute atomic E-state index is 0.137. The summed E-state index contributed by atoms with van der Waals surface area (Å²) >= 11 is 0. The van der Waals surface area contributed by atoms with Crippen molar-refractivity contribution in [2.24, 2.45) is 17.3 Å². The number of esters is 1. The standard InChI is InChI=1S/C16H26N2O5/c1-6-22-13(19)16(10-17,12-8-21-9-12)11(2)7-18-14(20)23-15(3,4)5/h11-12H,6-9H2,1-5H3,(H,18,20)/t11-,16?/m1/s1. The van der Waals surface area contributed by atoms with E-state index >= 15 is 0 Å². The van der Waals surface area contributed by atoms with E-state index in [0.29, 0.717) is 13.2 Å². The van der Waals surface area contributed by atoms with Gasteiger partial charge in [-0.1, -0.05) is 6.92 Å². The molecule has 1 heterocycles. The molecule has 0 saturated carbocycles. The van der Waals surface area contributed by atoms with Crippen molar-refractivity contribution in [2.75, 3.05) is 26.4 Å². The third kappa shape index (κ3) is 4.58. The number of hydrogen-bond acceptors (Lipinski definition) is 6. The number of rotatable bonds is 6. The molecular weight excluding hydrogens is 300 g/mol. The zero-order valence-electron chi connectivity index (χ0n) is 14.5. The Morgan fingerprint density at radius 3 is 2.39 bits per heavy atom. The lowest BCUT2D eigenvalue weighted by Crippen LogP contribution is -2.54. The molecule has 7 nitrogen and oxygen atoms in total. The second-order valence-corrected chi connectivity index (χ2v) is 6.72. The molecule has 1 unspecified atom stereocenters. The number of carbonyl (C=O) groups is 2. The summed E-state index contributed by atoms with van der Waals surface area (Å²) in [5.74, 6) is -1.23. The highest BCUT2D eigenvalue weighted by atomic mass is 16.6. The smallest absolute Gasteiger partial charge is 0.407 e. The Balaban J connectivity index is 2.80. The number of nitrogens with one attached hydrogen (secondary N) is 1. The van der Waals surface area contributed by atoms with Crippen molar-refractivity contribution < 1.29 is 23.8 Å². The summed E-state index contributed by atoms with van der Waals surface area (Å²) in [5.41, 5.74) is -1.94. The van der Waals surface area contributed by atoms with Crippen LogP contribution in [0, 0.1) is 28.6 Å². The van der Waals surface area contributed by atoms with Gasteiger partial charge in [0.05, 0.1) is 25.9 Å². The maximum absolute atomic E-state index is 12.4. The van der Waals surface area contributed by atoms with Gasteiger partial charge >= 0.3 is 12.1 Å². The molecule has 0 spiro atoms. The fourth-order valence-electron chi connectivity index (χ4n) is 2.48. The van der Waals surface area contributed by atoms with Gasteiger partial charge in [-0.2, -0.15) is 5.26 Å². The van der Waals surface area contributed by atoms with Crippen LogP contribution in [0.5, 0.6) is 0 Å². The lowest BCUT2D eigenvalue weighted by atomic mass is 9.67. The quantitative estimate of drug-likeness (QED) is 0.748. The highest BCUT2D eigenvalue weighted by Gasteiger charge is 2.54. The lowest BCUT2D eigenvalue weighted by molar-refractivity contribution is -0.172. The first-order chi connectivity index (χ1) is 10.7. The molecular formula is C16H26N2O5. The Morgan fingerprint density at radius 2 is 2.00 bits per heavy atom. The molecule has 0 aromatic heterocycles. The first kappa shape index (κ1) is 19.2. The zero-order valence-corrected chi connectivity index (χ0v) is 14.5. The summed E-state index contributed by atoms with van der Waals surface area (Å²) in [5, 5.41) is 12.3. The maximum Gasteiger partial charge on any atom is 0.407 e. The highest BCUT2D eigenvalue weighted by Crippen LogP contribution is 2.41. The predicted molar refractivity (Wildman–Crippen MR) is 82.4 cm³/mol. The van der Waals surface area contributed by atoms with Crippen LogP contribution in [-0.2, 0) is 19.0 Å². The van der Waals surface area contributed by atoms with E-state index in [2.05, 4.69) is 11.4 Å². The Morgan fingerprint density at radius 1 is 1.39 bits per heavy atom. The molecule has 1 aliphatic heterocycles. The van der Waals surface area contributed by atoms with Crippen molar-refractivity contribution in [1.29, 1.82) is 5.26 Å². The third-order valence-corrected chi connectivity index (χ3v) is 3.81. The van der Waals surface area contributed by atoms with Crippen LogP contribution in [0.15, 0.2) is 0 Å². The summed E-state index contributed by atoms with van der Waals surface area (Å²) in [6, 6.07) is 2.13. The molecule has 7 heteroatoms. The maximum atomic E-state index is 12.4. The van der Waals surface area contributed by atoms with E-state index in [9.17, 15) is 14.9 Å². The molecule has 1 amide bonds. The van der Waals surface area contributed by atoms with Crippen LogP contribution in [0.2, 0.25) is 0 Å². The number of ether oxygens (including phenoxy) is 3. The molecule has 1 saturated heterocycles. The monoisotopic (exact) mass is 326 g/mol. The molecule has 0 aromatic rings. The van der Waals surface area contributed by atoms with Crippen molar-refractivity contribution in [3.05, 3.63) is 0 Å². The van der Waals surface area contributed by atoms with Gasteiger partial charge in [0.1, 0.15) is 5.60 Å². The Bertz CT molecular complexity index is 476. The Hall–Kier alpha value is -1.81. The molecule has 2 atom stereocenters. The Kier molecular flexibility index (Phi) is 6.39. The Labute approximate surface area is 137 Å².